The Kier molecular flexibility index (Phi) is 4.51. The van der Waals surface area contributed by atoms with Gasteiger partial charge >= 0.3 is 0 Å². The van der Waals surface area contributed by atoms with Crippen LogP contribution in [0.3, 0.4) is 0 Å². The lowest BCUT2D eigenvalue weighted by Gasteiger charge is -2.07. The molecular weight excluding hydrogens is 139 g/mol. The molecule has 0 N–H and O–H groups in total. The van der Waals surface area contributed by atoms with Crippen LogP contribution in [0.2, 0.25) is 0 Å². The Morgan fingerprint density at radius 1 is 1.55 bits per heavy atom. The maximum absolute atomic E-state index is 12.8. The zero-order chi connectivity index (χ0) is 8.85. The maximum Gasteiger partial charge on any atom is 0.122 e. The second-order valence-corrected chi connectivity index (χ2v) is 2.45. The van der Waals surface area contributed by atoms with Crippen LogP contribution in [0.5, 0.6) is 0 Å². The third-order valence-corrected chi connectivity index (χ3v) is 1.56. The highest BCUT2D eigenvalue weighted by atomic mass is 19.1. The van der Waals surface area contributed by atoms with Gasteiger partial charge in [-0.3, -0.25) is 0 Å². The third-order valence-electron chi connectivity index (χ3n) is 1.56. The van der Waals surface area contributed by atoms with E-state index in [1.165, 1.54) is 6.92 Å². The second-order valence-electron chi connectivity index (χ2n) is 2.45. The van der Waals surface area contributed by atoms with Crippen molar-refractivity contribution >= 4 is 0 Å². The summed E-state index contributed by atoms with van der Waals surface area (Å²) in [7, 11) is 0. The Morgan fingerprint density at radius 3 is 2.36 bits per heavy atom. The van der Waals surface area contributed by atoms with E-state index in [1.807, 2.05) is 19.9 Å². The Hall–Kier alpha value is -0.850. The smallest absolute Gasteiger partial charge is 0.122 e. The molecule has 0 saturated carbocycles. The van der Waals surface area contributed by atoms with Crippen LogP contribution in [0.1, 0.15) is 20.8 Å². The van der Waals surface area contributed by atoms with Crippen molar-refractivity contribution in [1.29, 1.82) is 0 Å². The van der Waals surface area contributed by atoms with E-state index in [2.05, 4.69) is 6.58 Å². The van der Waals surface area contributed by atoms with Gasteiger partial charge in [0.1, 0.15) is 6.17 Å². The third kappa shape index (κ3) is 3.17. The minimum absolute atomic E-state index is 0.741. The zero-order valence-corrected chi connectivity index (χ0v) is 7.39. The first-order valence-electron chi connectivity index (χ1n) is 3.73. The van der Waals surface area contributed by atoms with Crippen molar-refractivity contribution in [3.05, 3.63) is 36.0 Å². The highest BCUT2D eigenvalue weighted by Crippen LogP contribution is 2.15. The number of hydrogen-bond acceptors (Lipinski definition) is 0. The van der Waals surface area contributed by atoms with Gasteiger partial charge in [0.15, 0.2) is 0 Å². The molecule has 0 aliphatic carbocycles. The van der Waals surface area contributed by atoms with Gasteiger partial charge in [-0.05, 0) is 31.9 Å². The number of halogens is 1. The van der Waals surface area contributed by atoms with Gasteiger partial charge in [-0.15, -0.1) is 0 Å². The topological polar surface area (TPSA) is 0 Å². The summed E-state index contributed by atoms with van der Waals surface area (Å²) in [6.45, 7) is 8.81. The van der Waals surface area contributed by atoms with Crippen LogP contribution in [0.25, 0.3) is 0 Å². The first-order chi connectivity index (χ1) is 5.13. The largest absolute Gasteiger partial charge is 0.243 e. The summed E-state index contributed by atoms with van der Waals surface area (Å²) in [6, 6.07) is 0. The molecule has 11 heavy (non-hydrogen) atoms. The van der Waals surface area contributed by atoms with E-state index in [1.54, 1.807) is 12.2 Å². The molecule has 0 amide bonds. The van der Waals surface area contributed by atoms with Crippen LogP contribution in [0, 0.1) is 0 Å². The van der Waals surface area contributed by atoms with Crippen molar-refractivity contribution < 1.29 is 4.39 Å². The molecule has 0 heterocycles. The molecule has 0 nitrogen and oxygen atoms in total. The average Bonchev–Trinajstić information content (AvgIpc) is 1.88. The van der Waals surface area contributed by atoms with Gasteiger partial charge in [0.05, 0.1) is 0 Å². The molecule has 62 valence electrons. The van der Waals surface area contributed by atoms with Crippen molar-refractivity contribution in [3.63, 3.8) is 0 Å². The number of rotatable bonds is 3. The minimum Gasteiger partial charge on any atom is -0.243 e. The Labute approximate surface area is 68.1 Å². The Bertz CT molecular complexity index is 185. The molecule has 0 rings (SSSR count). The van der Waals surface area contributed by atoms with Gasteiger partial charge in [-0.25, -0.2) is 4.39 Å². The van der Waals surface area contributed by atoms with E-state index in [0.717, 1.165) is 11.1 Å². The average molecular weight is 154 g/mol. The molecule has 1 atom stereocenters. The van der Waals surface area contributed by atoms with Crippen molar-refractivity contribution in [2.75, 3.05) is 0 Å². The molecule has 0 aliphatic heterocycles. The Balaban J connectivity index is 4.53. The summed E-state index contributed by atoms with van der Waals surface area (Å²) in [4.78, 5) is 0. The number of alkyl halides is 1. The highest BCUT2D eigenvalue weighted by molar-refractivity contribution is 5.33. The summed E-state index contributed by atoms with van der Waals surface area (Å²) < 4.78 is 12.8. The maximum atomic E-state index is 12.8. The number of hydrogen-bond donors (Lipinski definition) is 0. The molecule has 0 saturated heterocycles. The second kappa shape index (κ2) is 4.89. The highest BCUT2D eigenvalue weighted by Gasteiger charge is 2.05. The van der Waals surface area contributed by atoms with Crippen LogP contribution in [-0.2, 0) is 0 Å². The van der Waals surface area contributed by atoms with Crippen LogP contribution in [0.15, 0.2) is 36.0 Å². The predicted molar refractivity (Wildman–Crippen MR) is 48.3 cm³/mol. The van der Waals surface area contributed by atoms with Crippen molar-refractivity contribution in [2.24, 2.45) is 0 Å². The molecule has 1 unspecified atom stereocenters. The molecule has 0 radical (unpaired) electrons. The van der Waals surface area contributed by atoms with Crippen LogP contribution >= 0.6 is 0 Å². The molecule has 0 aromatic carbocycles. The van der Waals surface area contributed by atoms with Gasteiger partial charge in [0, 0.05) is 0 Å². The standard InChI is InChI=1S/C10H15F/c1-5-7-8(3)10(6-2)9(4)11/h5-7,9H,1H2,2-4H3. The number of allylic oxidation sites excluding steroid dienone is 5. The summed E-state index contributed by atoms with van der Waals surface area (Å²) in [5, 5.41) is 0. The molecule has 1 heteroatoms. The van der Waals surface area contributed by atoms with E-state index in [9.17, 15) is 4.39 Å². The summed E-state index contributed by atoms with van der Waals surface area (Å²) in [6.07, 6.45) is 4.38. The van der Waals surface area contributed by atoms with Gasteiger partial charge in [-0.1, -0.05) is 24.8 Å². The molecule has 0 aromatic rings. The van der Waals surface area contributed by atoms with Crippen molar-refractivity contribution in [1.82, 2.24) is 0 Å². The Morgan fingerprint density at radius 2 is 2.09 bits per heavy atom. The lowest BCUT2D eigenvalue weighted by Crippen LogP contribution is -1.99. The van der Waals surface area contributed by atoms with Gasteiger partial charge in [0.2, 0.25) is 0 Å². The van der Waals surface area contributed by atoms with Gasteiger partial charge < -0.3 is 0 Å². The molecule has 0 bridgehead atoms. The van der Waals surface area contributed by atoms with E-state index >= 15 is 0 Å². The van der Waals surface area contributed by atoms with E-state index in [0.29, 0.717) is 0 Å². The fraction of sp³-hybridized carbons (Fsp3) is 0.400. The van der Waals surface area contributed by atoms with Crippen LogP contribution < -0.4 is 0 Å². The SMILES string of the molecule is C=CC=C(C)C(=CC)C(C)F. The first kappa shape index (κ1) is 10.2. The van der Waals surface area contributed by atoms with Crippen molar-refractivity contribution in [2.45, 2.75) is 26.9 Å². The minimum atomic E-state index is -0.892. The fourth-order valence-electron chi connectivity index (χ4n) is 1.04. The van der Waals surface area contributed by atoms with Gasteiger partial charge in [-0.2, -0.15) is 0 Å². The molecular formula is C10H15F. The van der Waals surface area contributed by atoms with Crippen LogP contribution in [-0.4, -0.2) is 6.17 Å². The zero-order valence-electron chi connectivity index (χ0n) is 7.39. The quantitative estimate of drug-likeness (QED) is 0.546. The van der Waals surface area contributed by atoms with E-state index < -0.39 is 6.17 Å². The lowest BCUT2D eigenvalue weighted by molar-refractivity contribution is 0.414. The monoisotopic (exact) mass is 154 g/mol. The van der Waals surface area contributed by atoms with E-state index in [-0.39, 0.29) is 0 Å². The first-order valence-corrected chi connectivity index (χ1v) is 3.73. The van der Waals surface area contributed by atoms with E-state index in [4.69, 9.17) is 0 Å². The van der Waals surface area contributed by atoms with Crippen molar-refractivity contribution in [3.8, 4) is 0 Å². The molecule has 0 aliphatic rings. The summed E-state index contributed by atoms with van der Waals surface area (Å²) in [5.41, 5.74) is 1.68. The normalized spacial score (nSPS) is 16.4. The fourth-order valence-corrected chi connectivity index (χ4v) is 1.04. The summed E-state index contributed by atoms with van der Waals surface area (Å²) in [5.74, 6) is 0. The lowest BCUT2D eigenvalue weighted by atomic mass is 10.0. The molecule has 0 spiro atoms. The predicted octanol–water partition coefficient (Wildman–Crippen LogP) is 3.42. The summed E-state index contributed by atoms with van der Waals surface area (Å²) >= 11 is 0. The molecule has 0 aromatic heterocycles. The van der Waals surface area contributed by atoms with Gasteiger partial charge in [0.25, 0.3) is 0 Å². The van der Waals surface area contributed by atoms with Crippen LogP contribution in [0.4, 0.5) is 4.39 Å². The molecule has 0 fully saturated rings.